The Hall–Kier alpha value is -2.49. The highest BCUT2D eigenvalue weighted by Crippen LogP contribution is 2.04. The van der Waals surface area contributed by atoms with Crippen LogP contribution in [0.3, 0.4) is 0 Å². The minimum absolute atomic E-state index is 0.781. The summed E-state index contributed by atoms with van der Waals surface area (Å²) < 4.78 is 0. The number of nitrogens with zero attached hydrogens (tertiary/aromatic N) is 1. The van der Waals surface area contributed by atoms with Gasteiger partial charge in [-0.15, -0.1) is 0 Å². The first-order valence-corrected chi connectivity index (χ1v) is 8.07. The van der Waals surface area contributed by atoms with E-state index >= 15 is 0 Å². The van der Waals surface area contributed by atoms with E-state index in [1.165, 1.54) is 11.1 Å². The Bertz CT molecular complexity index is 608. The van der Waals surface area contributed by atoms with E-state index in [2.05, 4.69) is 64.3 Å². The summed E-state index contributed by atoms with van der Waals surface area (Å²) in [6.45, 7) is 4.71. The summed E-state index contributed by atoms with van der Waals surface area (Å²) in [7, 11) is 1.80. The number of hydrogen-bond acceptors (Lipinski definition) is 2. The van der Waals surface area contributed by atoms with Gasteiger partial charge in [0.15, 0.2) is 5.96 Å². The largest absolute Gasteiger partial charge is 0.385 e. The number of para-hydroxylation sites is 1. The average Bonchev–Trinajstić information content (AvgIpc) is 2.58. The molecule has 2 rings (SSSR count). The van der Waals surface area contributed by atoms with Crippen molar-refractivity contribution in [2.45, 2.75) is 19.9 Å². The minimum Gasteiger partial charge on any atom is -0.385 e. The third kappa shape index (κ3) is 6.43. The topological polar surface area (TPSA) is 48.5 Å². The molecule has 0 fully saturated rings. The fourth-order valence-corrected chi connectivity index (χ4v) is 2.31. The van der Waals surface area contributed by atoms with Crippen LogP contribution in [0.4, 0.5) is 5.69 Å². The summed E-state index contributed by atoms with van der Waals surface area (Å²) in [6, 6.07) is 18.8. The van der Waals surface area contributed by atoms with Crippen LogP contribution in [0.1, 0.15) is 17.5 Å². The maximum atomic E-state index is 4.26. The van der Waals surface area contributed by atoms with Crippen molar-refractivity contribution in [1.29, 1.82) is 0 Å². The molecular formula is C19H26N4. The quantitative estimate of drug-likeness (QED) is 0.418. The minimum atomic E-state index is 0.781. The molecule has 0 heterocycles. The van der Waals surface area contributed by atoms with Crippen LogP contribution in [0.15, 0.2) is 59.6 Å². The lowest BCUT2D eigenvalue weighted by Gasteiger charge is -2.12. The van der Waals surface area contributed by atoms with Crippen LogP contribution in [0.2, 0.25) is 0 Å². The molecule has 0 aliphatic carbocycles. The number of guanidine groups is 1. The second-order valence-corrected chi connectivity index (χ2v) is 5.49. The monoisotopic (exact) mass is 310 g/mol. The van der Waals surface area contributed by atoms with Crippen LogP contribution >= 0.6 is 0 Å². The van der Waals surface area contributed by atoms with Crippen LogP contribution in [0, 0.1) is 6.92 Å². The number of hydrogen-bond donors (Lipinski definition) is 3. The van der Waals surface area contributed by atoms with Crippen molar-refractivity contribution in [2.24, 2.45) is 4.99 Å². The highest BCUT2D eigenvalue weighted by Gasteiger charge is 1.98. The van der Waals surface area contributed by atoms with E-state index in [0.717, 1.165) is 37.7 Å². The molecule has 0 aromatic heterocycles. The van der Waals surface area contributed by atoms with Gasteiger partial charge >= 0.3 is 0 Å². The molecule has 4 nitrogen and oxygen atoms in total. The molecule has 3 N–H and O–H groups in total. The molecular weight excluding hydrogens is 284 g/mol. The summed E-state index contributed by atoms with van der Waals surface area (Å²) in [5, 5.41) is 10.1. The van der Waals surface area contributed by atoms with Crippen molar-refractivity contribution in [3.05, 3.63) is 65.7 Å². The molecule has 23 heavy (non-hydrogen) atoms. The molecule has 0 bridgehead atoms. The maximum absolute atomic E-state index is 4.26. The zero-order chi connectivity index (χ0) is 16.3. The van der Waals surface area contributed by atoms with Gasteiger partial charge < -0.3 is 16.0 Å². The predicted octanol–water partition coefficient (Wildman–Crippen LogP) is 3.16. The number of rotatable bonds is 7. The van der Waals surface area contributed by atoms with Crippen molar-refractivity contribution < 1.29 is 0 Å². The normalized spacial score (nSPS) is 11.1. The van der Waals surface area contributed by atoms with Crippen molar-refractivity contribution in [3.8, 4) is 0 Å². The fraction of sp³-hybridized carbons (Fsp3) is 0.316. The Morgan fingerprint density at radius 1 is 0.957 bits per heavy atom. The first-order chi connectivity index (χ1) is 11.3. The van der Waals surface area contributed by atoms with Crippen molar-refractivity contribution >= 4 is 11.6 Å². The highest BCUT2D eigenvalue weighted by atomic mass is 15.2. The molecule has 2 aromatic carbocycles. The van der Waals surface area contributed by atoms with Crippen LogP contribution in [0.25, 0.3) is 0 Å². The zero-order valence-corrected chi connectivity index (χ0v) is 14.0. The van der Waals surface area contributed by atoms with Crippen LogP contribution in [-0.4, -0.2) is 26.1 Å². The zero-order valence-electron chi connectivity index (χ0n) is 14.0. The molecule has 0 aliphatic rings. The molecule has 4 heteroatoms. The SMILES string of the molecule is CN=C(NCCCNc1ccccc1)NCc1cccc(C)c1. The van der Waals surface area contributed by atoms with E-state index in [-0.39, 0.29) is 0 Å². The second kappa shape index (κ2) is 9.51. The van der Waals surface area contributed by atoms with Gasteiger partial charge in [-0.25, -0.2) is 0 Å². The molecule has 2 aromatic rings. The summed E-state index contributed by atoms with van der Waals surface area (Å²) in [5.41, 5.74) is 3.70. The number of anilines is 1. The van der Waals surface area contributed by atoms with E-state index in [9.17, 15) is 0 Å². The van der Waals surface area contributed by atoms with Crippen molar-refractivity contribution in [1.82, 2.24) is 10.6 Å². The molecule has 0 radical (unpaired) electrons. The second-order valence-electron chi connectivity index (χ2n) is 5.49. The molecule has 0 spiro atoms. The van der Waals surface area contributed by atoms with Crippen LogP contribution < -0.4 is 16.0 Å². The van der Waals surface area contributed by atoms with Gasteiger partial charge in [0.25, 0.3) is 0 Å². The Kier molecular flexibility index (Phi) is 6.98. The first-order valence-electron chi connectivity index (χ1n) is 8.07. The van der Waals surface area contributed by atoms with E-state index in [0.29, 0.717) is 0 Å². The predicted molar refractivity (Wildman–Crippen MR) is 98.9 cm³/mol. The molecule has 0 amide bonds. The Labute approximate surface area is 139 Å². The number of aliphatic imine (C=N–C) groups is 1. The molecule has 0 saturated heterocycles. The van der Waals surface area contributed by atoms with Gasteiger partial charge in [0.2, 0.25) is 0 Å². The number of aryl methyl sites for hydroxylation is 1. The highest BCUT2D eigenvalue weighted by molar-refractivity contribution is 5.79. The standard InChI is InChI=1S/C19H26N4/c1-16-8-6-9-17(14-16)15-23-19(20-2)22-13-7-12-21-18-10-4-3-5-11-18/h3-6,8-11,14,21H,7,12-13,15H2,1-2H3,(H2,20,22,23). The molecule has 122 valence electrons. The maximum Gasteiger partial charge on any atom is 0.191 e. The van der Waals surface area contributed by atoms with Crippen LogP contribution in [-0.2, 0) is 6.54 Å². The third-order valence-corrected chi connectivity index (χ3v) is 3.51. The van der Waals surface area contributed by atoms with Gasteiger partial charge in [0.1, 0.15) is 0 Å². The lowest BCUT2D eigenvalue weighted by atomic mass is 10.1. The summed E-state index contributed by atoms with van der Waals surface area (Å²) >= 11 is 0. The lowest BCUT2D eigenvalue weighted by molar-refractivity contribution is 0.762. The Morgan fingerprint density at radius 2 is 1.78 bits per heavy atom. The molecule has 0 aliphatic heterocycles. The first kappa shape index (κ1) is 16.9. The average molecular weight is 310 g/mol. The van der Waals surface area contributed by atoms with Gasteiger partial charge in [0.05, 0.1) is 0 Å². The van der Waals surface area contributed by atoms with Gasteiger partial charge in [0, 0.05) is 32.4 Å². The van der Waals surface area contributed by atoms with Gasteiger partial charge in [-0.1, -0.05) is 48.0 Å². The fourth-order valence-electron chi connectivity index (χ4n) is 2.31. The van der Waals surface area contributed by atoms with Crippen molar-refractivity contribution in [3.63, 3.8) is 0 Å². The summed E-state index contributed by atoms with van der Waals surface area (Å²) in [4.78, 5) is 4.26. The van der Waals surface area contributed by atoms with E-state index in [4.69, 9.17) is 0 Å². The summed E-state index contributed by atoms with van der Waals surface area (Å²) in [5.74, 6) is 0.839. The van der Waals surface area contributed by atoms with Gasteiger partial charge in [-0.05, 0) is 31.0 Å². The lowest BCUT2D eigenvalue weighted by Crippen LogP contribution is -2.37. The van der Waals surface area contributed by atoms with Gasteiger partial charge in [-0.2, -0.15) is 0 Å². The Morgan fingerprint density at radius 3 is 2.52 bits per heavy atom. The molecule has 0 unspecified atom stereocenters. The van der Waals surface area contributed by atoms with Crippen molar-refractivity contribution in [2.75, 3.05) is 25.5 Å². The summed E-state index contributed by atoms with van der Waals surface area (Å²) in [6.07, 6.45) is 1.03. The van der Waals surface area contributed by atoms with E-state index in [1.807, 2.05) is 18.2 Å². The van der Waals surface area contributed by atoms with E-state index in [1.54, 1.807) is 7.05 Å². The molecule has 0 saturated carbocycles. The number of nitrogens with one attached hydrogen (secondary N) is 3. The number of benzene rings is 2. The van der Waals surface area contributed by atoms with E-state index < -0.39 is 0 Å². The Balaban J connectivity index is 1.63. The smallest absolute Gasteiger partial charge is 0.191 e. The third-order valence-electron chi connectivity index (χ3n) is 3.51. The molecule has 0 atom stereocenters. The van der Waals surface area contributed by atoms with Crippen LogP contribution in [0.5, 0.6) is 0 Å². The van der Waals surface area contributed by atoms with Gasteiger partial charge in [-0.3, -0.25) is 4.99 Å².